The first kappa shape index (κ1) is 19.5. The number of nitrogens with zero attached hydrogens (tertiary/aromatic N) is 3. The Labute approximate surface area is 165 Å². The van der Waals surface area contributed by atoms with Crippen molar-refractivity contribution >= 4 is 34.0 Å². The van der Waals surface area contributed by atoms with Crippen LogP contribution in [0, 0.1) is 18.3 Å². The smallest absolute Gasteiger partial charge is 0.236 e. The SMILES string of the molecule is Cc1csc(N(C(=O)C2CCN(C(=O)C(C)(C)C)CC2)c2ccccc2)n1. The van der Waals surface area contributed by atoms with Crippen LogP contribution in [-0.2, 0) is 9.59 Å². The van der Waals surface area contributed by atoms with Crippen LogP contribution in [-0.4, -0.2) is 34.8 Å². The highest BCUT2D eigenvalue weighted by molar-refractivity contribution is 7.14. The third-order valence-electron chi connectivity index (χ3n) is 4.81. The van der Waals surface area contributed by atoms with E-state index >= 15 is 0 Å². The molecule has 0 atom stereocenters. The van der Waals surface area contributed by atoms with Crippen molar-refractivity contribution < 1.29 is 9.59 Å². The molecule has 27 heavy (non-hydrogen) atoms. The van der Waals surface area contributed by atoms with E-state index in [9.17, 15) is 9.59 Å². The van der Waals surface area contributed by atoms with Crippen LogP contribution in [0.2, 0.25) is 0 Å². The lowest BCUT2D eigenvalue weighted by Gasteiger charge is -2.36. The normalized spacial score (nSPS) is 15.6. The minimum absolute atomic E-state index is 0.0680. The number of para-hydroxylation sites is 1. The molecule has 0 N–H and O–H groups in total. The molecule has 5 nitrogen and oxygen atoms in total. The van der Waals surface area contributed by atoms with Crippen molar-refractivity contribution in [1.82, 2.24) is 9.88 Å². The molecular formula is C21H27N3O2S. The molecule has 1 aliphatic heterocycles. The number of hydrogen-bond acceptors (Lipinski definition) is 4. The number of carbonyl (C=O) groups is 2. The molecule has 0 bridgehead atoms. The Hall–Kier alpha value is -2.21. The molecule has 2 amide bonds. The van der Waals surface area contributed by atoms with Gasteiger partial charge in [-0.1, -0.05) is 39.0 Å². The van der Waals surface area contributed by atoms with Crippen molar-refractivity contribution in [2.75, 3.05) is 18.0 Å². The van der Waals surface area contributed by atoms with Crippen LogP contribution < -0.4 is 4.90 Å². The number of aryl methyl sites for hydroxylation is 1. The van der Waals surface area contributed by atoms with E-state index in [-0.39, 0.29) is 23.1 Å². The molecule has 0 radical (unpaired) electrons. The van der Waals surface area contributed by atoms with Gasteiger partial charge in [-0.3, -0.25) is 14.5 Å². The van der Waals surface area contributed by atoms with Gasteiger partial charge in [0.15, 0.2) is 5.13 Å². The van der Waals surface area contributed by atoms with Crippen molar-refractivity contribution in [2.45, 2.75) is 40.5 Å². The van der Waals surface area contributed by atoms with Crippen LogP contribution in [0.5, 0.6) is 0 Å². The van der Waals surface area contributed by atoms with Crippen LogP contribution in [0.1, 0.15) is 39.3 Å². The second kappa shape index (κ2) is 7.80. The highest BCUT2D eigenvalue weighted by atomic mass is 32.1. The summed E-state index contributed by atoms with van der Waals surface area (Å²) in [5.74, 6) is 0.126. The summed E-state index contributed by atoms with van der Waals surface area (Å²) < 4.78 is 0. The number of benzene rings is 1. The fraction of sp³-hybridized carbons (Fsp3) is 0.476. The highest BCUT2D eigenvalue weighted by Crippen LogP contribution is 2.33. The molecule has 0 spiro atoms. The molecule has 6 heteroatoms. The standard InChI is InChI=1S/C21H27N3O2S/c1-15-14-27-20(22-15)24(17-8-6-5-7-9-17)18(25)16-10-12-23(13-11-16)19(26)21(2,3)4/h5-9,14,16H,10-13H2,1-4H3. The first-order valence-electron chi connectivity index (χ1n) is 9.38. The Kier molecular flexibility index (Phi) is 5.65. The summed E-state index contributed by atoms with van der Waals surface area (Å²) in [4.78, 5) is 34.0. The van der Waals surface area contributed by atoms with E-state index in [0.29, 0.717) is 31.1 Å². The zero-order valence-electron chi connectivity index (χ0n) is 16.4. The van der Waals surface area contributed by atoms with E-state index in [0.717, 1.165) is 11.4 Å². The number of piperidine rings is 1. The van der Waals surface area contributed by atoms with Crippen molar-refractivity contribution in [3.63, 3.8) is 0 Å². The number of rotatable bonds is 3. The summed E-state index contributed by atoms with van der Waals surface area (Å²) in [7, 11) is 0. The quantitative estimate of drug-likeness (QED) is 0.787. The molecule has 0 aliphatic carbocycles. The largest absolute Gasteiger partial charge is 0.342 e. The van der Waals surface area contributed by atoms with E-state index in [1.54, 1.807) is 4.90 Å². The molecule has 2 aromatic rings. The van der Waals surface area contributed by atoms with Crippen LogP contribution in [0.15, 0.2) is 35.7 Å². The summed E-state index contributed by atoms with van der Waals surface area (Å²) in [6, 6.07) is 9.68. The monoisotopic (exact) mass is 385 g/mol. The van der Waals surface area contributed by atoms with E-state index in [2.05, 4.69) is 4.98 Å². The van der Waals surface area contributed by atoms with Gasteiger partial charge in [0, 0.05) is 29.8 Å². The maximum absolute atomic E-state index is 13.4. The predicted molar refractivity (Wildman–Crippen MR) is 109 cm³/mol. The summed E-state index contributed by atoms with van der Waals surface area (Å²) in [6.45, 7) is 9.01. The Morgan fingerprint density at radius 2 is 1.78 bits per heavy atom. The Morgan fingerprint density at radius 3 is 2.30 bits per heavy atom. The van der Waals surface area contributed by atoms with Crippen molar-refractivity contribution in [1.29, 1.82) is 0 Å². The van der Waals surface area contributed by atoms with Gasteiger partial charge in [0.1, 0.15) is 0 Å². The molecule has 1 saturated heterocycles. The lowest BCUT2D eigenvalue weighted by molar-refractivity contribution is -0.142. The van der Waals surface area contributed by atoms with Crippen molar-refractivity contribution in [3.8, 4) is 0 Å². The fourth-order valence-electron chi connectivity index (χ4n) is 3.34. The van der Waals surface area contributed by atoms with Gasteiger partial charge in [-0.05, 0) is 31.9 Å². The Morgan fingerprint density at radius 1 is 1.15 bits per heavy atom. The number of carbonyl (C=O) groups excluding carboxylic acids is 2. The number of aromatic nitrogens is 1. The third-order valence-corrected chi connectivity index (χ3v) is 5.75. The van der Waals surface area contributed by atoms with E-state index in [1.165, 1.54) is 11.3 Å². The first-order chi connectivity index (χ1) is 12.8. The van der Waals surface area contributed by atoms with E-state index in [1.807, 2.05) is 68.3 Å². The fourth-order valence-corrected chi connectivity index (χ4v) is 4.17. The average Bonchev–Trinajstić information content (AvgIpc) is 3.07. The molecule has 1 aromatic carbocycles. The van der Waals surface area contributed by atoms with Crippen LogP contribution in [0.4, 0.5) is 10.8 Å². The topological polar surface area (TPSA) is 53.5 Å². The summed E-state index contributed by atoms with van der Waals surface area (Å²) in [5.41, 5.74) is 1.37. The molecule has 144 valence electrons. The predicted octanol–water partition coefficient (Wildman–Crippen LogP) is 4.40. The van der Waals surface area contributed by atoms with Crippen LogP contribution >= 0.6 is 11.3 Å². The molecule has 3 rings (SSSR count). The number of hydrogen-bond donors (Lipinski definition) is 0. The van der Waals surface area contributed by atoms with Gasteiger partial charge >= 0.3 is 0 Å². The minimum atomic E-state index is -0.384. The number of anilines is 2. The first-order valence-corrected chi connectivity index (χ1v) is 10.3. The van der Waals surface area contributed by atoms with Gasteiger partial charge in [-0.25, -0.2) is 4.98 Å². The zero-order valence-corrected chi connectivity index (χ0v) is 17.3. The van der Waals surface area contributed by atoms with Gasteiger partial charge in [-0.15, -0.1) is 11.3 Å². The third kappa shape index (κ3) is 4.38. The summed E-state index contributed by atoms with van der Waals surface area (Å²) in [6.07, 6.45) is 1.38. The Bertz CT molecular complexity index is 802. The van der Waals surface area contributed by atoms with Crippen molar-refractivity contribution in [3.05, 3.63) is 41.4 Å². The molecular weight excluding hydrogens is 358 g/mol. The maximum atomic E-state index is 13.4. The molecule has 0 saturated carbocycles. The Balaban J connectivity index is 1.77. The van der Waals surface area contributed by atoms with Gasteiger partial charge in [0.2, 0.25) is 11.8 Å². The van der Waals surface area contributed by atoms with Gasteiger partial charge < -0.3 is 4.90 Å². The zero-order chi connectivity index (χ0) is 19.6. The van der Waals surface area contributed by atoms with E-state index < -0.39 is 0 Å². The molecule has 1 aliphatic rings. The second-order valence-corrected chi connectivity index (χ2v) is 8.93. The van der Waals surface area contributed by atoms with Crippen LogP contribution in [0.3, 0.4) is 0 Å². The van der Waals surface area contributed by atoms with Gasteiger partial charge in [0.05, 0.1) is 11.4 Å². The summed E-state index contributed by atoms with van der Waals surface area (Å²) in [5, 5.41) is 2.67. The van der Waals surface area contributed by atoms with Gasteiger partial charge in [-0.2, -0.15) is 0 Å². The number of amides is 2. The van der Waals surface area contributed by atoms with E-state index in [4.69, 9.17) is 0 Å². The maximum Gasteiger partial charge on any atom is 0.236 e. The van der Waals surface area contributed by atoms with Gasteiger partial charge in [0.25, 0.3) is 0 Å². The van der Waals surface area contributed by atoms with Crippen molar-refractivity contribution in [2.24, 2.45) is 11.3 Å². The number of thiazole rings is 1. The molecule has 2 heterocycles. The summed E-state index contributed by atoms with van der Waals surface area (Å²) >= 11 is 1.48. The lowest BCUT2D eigenvalue weighted by Crippen LogP contribution is -2.46. The number of likely N-dealkylation sites (tertiary alicyclic amines) is 1. The molecule has 1 fully saturated rings. The highest BCUT2D eigenvalue weighted by Gasteiger charge is 2.35. The van der Waals surface area contributed by atoms with Crippen LogP contribution in [0.25, 0.3) is 0 Å². The average molecular weight is 386 g/mol. The molecule has 1 aromatic heterocycles. The second-order valence-electron chi connectivity index (χ2n) is 8.10. The molecule has 0 unspecified atom stereocenters. The lowest BCUT2D eigenvalue weighted by atomic mass is 9.90. The minimum Gasteiger partial charge on any atom is -0.342 e.